The van der Waals surface area contributed by atoms with Gasteiger partial charge in [-0.05, 0) is 38.8 Å². The van der Waals surface area contributed by atoms with Crippen molar-refractivity contribution in [2.75, 3.05) is 0 Å². The van der Waals surface area contributed by atoms with Crippen LogP contribution in [-0.4, -0.2) is 5.11 Å². The van der Waals surface area contributed by atoms with Gasteiger partial charge >= 0.3 is 0 Å². The molecule has 0 saturated carbocycles. The van der Waals surface area contributed by atoms with Gasteiger partial charge in [0.1, 0.15) is 17.7 Å². The van der Waals surface area contributed by atoms with Crippen LogP contribution in [0.15, 0.2) is 46.3 Å². The first-order valence-corrected chi connectivity index (χ1v) is 7.54. The maximum atomic E-state index is 13.8. The summed E-state index contributed by atoms with van der Waals surface area (Å²) in [6.45, 7) is 0. The van der Waals surface area contributed by atoms with E-state index in [9.17, 15) is 13.9 Å². The molecule has 5 heteroatoms. The number of aliphatic hydroxyl groups excluding tert-OH is 1. The molecule has 1 heterocycles. The van der Waals surface area contributed by atoms with Crippen LogP contribution < -0.4 is 0 Å². The molecule has 0 bridgehead atoms. The Bertz CT molecular complexity index is 785. The number of rotatable bonds is 2. The Labute approximate surface area is 126 Å². The second-order valence-corrected chi connectivity index (χ2v) is 6.11. The lowest BCUT2D eigenvalue weighted by molar-refractivity contribution is 0.216. The fraction of sp³-hybridized carbons (Fsp3) is 0.0667. The van der Waals surface area contributed by atoms with Gasteiger partial charge in [-0.15, -0.1) is 11.3 Å². The van der Waals surface area contributed by atoms with Gasteiger partial charge in [0.25, 0.3) is 0 Å². The Balaban J connectivity index is 2.13. The van der Waals surface area contributed by atoms with Crippen LogP contribution in [0.4, 0.5) is 8.78 Å². The van der Waals surface area contributed by atoms with Gasteiger partial charge in [-0.1, -0.05) is 18.2 Å². The summed E-state index contributed by atoms with van der Waals surface area (Å²) >= 11 is 4.91. The van der Waals surface area contributed by atoms with Gasteiger partial charge in [-0.2, -0.15) is 0 Å². The second kappa shape index (κ2) is 5.24. The van der Waals surface area contributed by atoms with E-state index in [1.165, 1.54) is 17.4 Å². The van der Waals surface area contributed by atoms with Crippen LogP contribution in [0.3, 0.4) is 0 Å². The SMILES string of the molecule is OC(c1ccc(F)cc1F)c1csc2c(Br)cccc12. The van der Waals surface area contributed by atoms with E-state index in [0.29, 0.717) is 5.56 Å². The molecule has 3 rings (SSSR count). The zero-order valence-electron chi connectivity index (χ0n) is 10.1. The van der Waals surface area contributed by atoms with Crippen LogP contribution in [-0.2, 0) is 0 Å². The number of hydrogen-bond acceptors (Lipinski definition) is 2. The summed E-state index contributed by atoms with van der Waals surface area (Å²) in [5, 5.41) is 13.0. The van der Waals surface area contributed by atoms with Crippen molar-refractivity contribution in [1.29, 1.82) is 0 Å². The first-order chi connectivity index (χ1) is 9.58. The molecule has 0 aliphatic carbocycles. The molecule has 0 fully saturated rings. The van der Waals surface area contributed by atoms with Crippen molar-refractivity contribution in [3.63, 3.8) is 0 Å². The first-order valence-electron chi connectivity index (χ1n) is 5.86. The summed E-state index contributed by atoms with van der Waals surface area (Å²) in [4.78, 5) is 0. The zero-order chi connectivity index (χ0) is 14.3. The van der Waals surface area contributed by atoms with Crippen molar-refractivity contribution in [3.8, 4) is 0 Å². The third kappa shape index (κ3) is 2.26. The van der Waals surface area contributed by atoms with E-state index >= 15 is 0 Å². The van der Waals surface area contributed by atoms with Gasteiger partial charge in [0.05, 0.1) is 0 Å². The molecule has 102 valence electrons. The average molecular weight is 355 g/mol. The lowest BCUT2D eigenvalue weighted by atomic mass is 10.0. The first kappa shape index (κ1) is 13.7. The Hall–Kier alpha value is -1.30. The Kier molecular flexibility index (Phi) is 3.58. The van der Waals surface area contributed by atoms with Gasteiger partial charge < -0.3 is 5.11 Å². The summed E-state index contributed by atoms with van der Waals surface area (Å²) in [5.41, 5.74) is 0.697. The van der Waals surface area contributed by atoms with Gasteiger partial charge in [0.15, 0.2) is 0 Å². The normalized spacial score (nSPS) is 12.8. The number of aliphatic hydroxyl groups is 1. The molecule has 1 unspecified atom stereocenters. The van der Waals surface area contributed by atoms with Crippen LogP contribution in [0.1, 0.15) is 17.2 Å². The third-order valence-electron chi connectivity index (χ3n) is 3.13. The lowest BCUT2D eigenvalue weighted by Gasteiger charge is -2.11. The van der Waals surface area contributed by atoms with Gasteiger partial charge in [0.2, 0.25) is 0 Å². The van der Waals surface area contributed by atoms with Crippen LogP contribution in [0.5, 0.6) is 0 Å². The van der Waals surface area contributed by atoms with E-state index in [1.807, 2.05) is 18.2 Å². The van der Waals surface area contributed by atoms with Gasteiger partial charge in [-0.3, -0.25) is 0 Å². The third-order valence-corrected chi connectivity index (χ3v) is 5.10. The smallest absolute Gasteiger partial charge is 0.132 e. The quantitative estimate of drug-likeness (QED) is 0.684. The summed E-state index contributed by atoms with van der Waals surface area (Å²) in [5.74, 6) is -1.40. The molecule has 2 aromatic carbocycles. The van der Waals surface area contributed by atoms with Crippen molar-refractivity contribution in [1.82, 2.24) is 0 Å². The minimum absolute atomic E-state index is 0.0751. The molecule has 3 aromatic rings. The molecular weight excluding hydrogens is 346 g/mol. The lowest BCUT2D eigenvalue weighted by Crippen LogP contribution is -2.02. The fourth-order valence-corrected chi connectivity index (χ4v) is 3.79. The fourth-order valence-electron chi connectivity index (χ4n) is 2.14. The van der Waals surface area contributed by atoms with Gasteiger partial charge in [0, 0.05) is 26.4 Å². The van der Waals surface area contributed by atoms with E-state index < -0.39 is 17.7 Å². The molecule has 0 saturated heterocycles. The predicted molar refractivity (Wildman–Crippen MR) is 79.9 cm³/mol. The van der Waals surface area contributed by atoms with Crippen LogP contribution >= 0.6 is 27.3 Å². The minimum atomic E-state index is -1.11. The molecule has 1 N–H and O–H groups in total. The molecular formula is C15H9BrF2OS. The van der Waals surface area contributed by atoms with E-state index in [-0.39, 0.29) is 5.56 Å². The zero-order valence-corrected chi connectivity index (χ0v) is 12.5. The Morgan fingerprint density at radius 1 is 1.10 bits per heavy atom. The summed E-state index contributed by atoms with van der Waals surface area (Å²) in [7, 11) is 0. The number of thiophene rings is 1. The second-order valence-electron chi connectivity index (χ2n) is 4.38. The highest BCUT2D eigenvalue weighted by Crippen LogP contribution is 2.37. The van der Waals surface area contributed by atoms with E-state index in [1.54, 1.807) is 5.38 Å². The highest BCUT2D eigenvalue weighted by Gasteiger charge is 2.19. The van der Waals surface area contributed by atoms with Gasteiger partial charge in [-0.25, -0.2) is 8.78 Å². The largest absolute Gasteiger partial charge is 0.383 e. The molecule has 0 aliphatic rings. The van der Waals surface area contributed by atoms with Crippen LogP contribution in [0, 0.1) is 11.6 Å². The molecule has 1 aromatic heterocycles. The summed E-state index contributed by atoms with van der Waals surface area (Å²) in [6.07, 6.45) is -1.11. The average Bonchev–Trinajstić information content (AvgIpc) is 2.83. The van der Waals surface area contributed by atoms with Crippen molar-refractivity contribution in [2.45, 2.75) is 6.10 Å². The van der Waals surface area contributed by atoms with Crippen molar-refractivity contribution < 1.29 is 13.9 Å². The summed E-state index contributed by atoms with van der Waals surface area (Å²) in [6, 6.07) is 8.84. The standard InChI is InChI=1S/C15H9BrF2OS/c16-12-3-1-2-9-11(7-20-15(9)12)14(19)10-5-4-8(17)6-13(10)18/h1-7,14,19H. The molecule has 0 spiro atoms. The maximum absolute atomic E-state index is 13.8. The number of halogens is 3. The predicted octanol–water partition coefficient (Wildman–Crippen LogP) is 5.02. The highest BCUT2D eigenvalue weighted by atomic mass is 79.9. The molecule has 1 nitrogen and oxygen atoms in total. The van der Waals surface area contributed by atoms with Crippen molar-refractivity contribution in [2.24, 2.45) is 0 Å². The van der Waals surface area contributed by atoms with Crippen LogP contribution in [0.25, 0.3) is 10.1 Å². The van der Waals surface area contributed by atoms with E-state index in [4.69, 9.17) is 0 Å². The maximum Gasteiger partial charge on any atom is 0.132 e. The topological polar surface area (TPSA) is 20.2 Å². The molecule has 0 amide bonds. The van der Waals surface area contributed by atoms with Crippen molar-refractivity contribution >= 4 is 37.4 Å². The molecule has 1 atom stereocenters. The number of benzene rings is 2. The number of fused-ring (bicyclic) bond motifs is 1. The minimum Gasteiger partial charge on any atom is -0.383 e. The van der Waals surface area contributed by atoms with E-state index in [2.05, 4.69) is 15.9 Å². The van der Waals surface area contributed by atoms with Crippen molar-refractivity contribution in [3.05, 3.63) is 69.0 Å². The summed E-state index contributed by atoms with van der Waals surface area (Å²) < 4.78 is 28.6. The highest BCUT2D eigenvalue weighted by molar-refractivity contribution is 9.10. The monoisotopic (exact) mass is 354 g/mol. The van der Waals surface area contributed by atoms with E-state index in [0.717, 1.165) is 26.7 Å². The Morgan fingerprint density at radius 2 is 1.90 bits per heavy atom. The molecule has 0 aliphatic heterocycles. The Morgan fingerprint density at radius 3 is 2.65 bits per heavy atom. The van der Waals surface area contributed by atoms with Crippen LogP contribution in [0.2, 0.25) is 0 Å². The molecule has 0 radical (unpaired) electrons. The molecule has 20 heavy (non-hydrogen) atoms. The number of hydrogen-bond donors (Lipinski definition) is 1.